The van der Waals surface area contributed by atoms with Gasteiger partial charge in [-0.05, 0) is 35.7 Å². The minimum absolute atomic E-state index is 0.324. The first-order chi connectivity index (χ1) is 14.9. The van der Waals surface area contributed by atoms with E-state index in [0.717, 1.165) is 23.5 Å². The lowest BCUT2D eigenvalue weighted by Gasteiger charge is -2.27. The first kappa shape index (κ1) is 21.8. The lowest BCUT2D eigenvalue weighted by molar-refractivity contribution is 0.0600. The van der Waals surface area contributed by atoms with E-state index < -0.39 is 5.97 Å². The maximum Gasteiger partial charge on any atom is 0.341 e. The summed E-state index contributed by atoms with van der Waals surface area (Å²) in [6.07, 6.45) is 0.710. The number of ether oxygens (including phenoxy) is 1. The third-order valence-electron chi connectivity index (χ3n) is 5.13. The van der Waals surface area contributed by atoms with Gasteiger partial charge in [0.05, 0.1) is 12.7 Å². The van der Waals surface area contributed by atoms with E-state index in [1.54, 1.807) is 6.07 Å². The van der Waals surface area contributed by atoms with E-state index in [1.165, 1.54) is 36.1 Å². The highest BCUT2D eigenvalue weighted by Gasteiger charge is 2.29. The minimum atomic E-state index is -0.451. The molecule has 3 aromatic rings. The number of esters is 1. The molecule has 0 atom stereocenters. The van der Waals surface area contributed by atoms with Crippen molar-refractivity contribution in [1.29, 1.82) is 0 Å². The van der Waals surface area contributed by atoms with E-state index in [4.69, 9.17) is 27.9 Å². The average Bonchev–Trinajstić information content (AvgIpc) is 3.10. The lowest BCUT2D eigenvalue weighted by atomic mass is 10.0. The Hall–Kier alpha value is -2.38. The maximum absolute atomic E-state index is 12.8. The molecule has 0 radical (unpaired) electrons. The minimum Gasteiger partial charge on any atom is -0.465 e. The van der Waals surface area contributed by atoms with Crippen LogP contribution in [0.3, 0.4) is 0 Å². The Balaban J connectivity index is 1.60. The zero-order chi connectivity index (χ0) is 22.0. The number of hydrogen-bond donors (Lipinski definition) is 1. The summed E-state index contributed by atoms with van der Waals surface area (Å²) >= 11 is 13.5. The van der Waals surface area contributed by atoms with Crippen molar-refractivity contribution in [2.24, 2.45) is 0 Å². The Morgan fingerprint density at radius 1 is 1.13 bits per heavy atom. The molecule has 1 aliphatic rings. The molecule has 1 aliphatic heterocycles. The molecule has 5 nitrogen and oxygen atoms in total. The summed E-state index contributed by atoms with van der Waals surface area (Å²) in [4.78, 5) is 28.7. The van der Waals surface area contributed by atoms with Gasteiger partial charge in [-0.15, -0.1) is 11.3 Å². The predicted molar refractivity (Wildman–Crippen MR) is 124 cm³/mol. The zero-order valence-electron chi connectivity index (χ0n) is 16.8. The van der Waals surface area contributed by atoms with E-state index in [-0.39, 0.29) is 5.91 Å². The third-order valence-corrected chi connectivity index (χ3v) is 6.69. The van der Waals surface area contributed by atoms with Crippen molar-refractivity contribution in [2.75, 3.05) is 19.0 Å². The van der Waals surface area contributed by atoms with E-state index >= 15 is 0 Å². The van der Waals surface area contributed by atoms with Gasteiger partial charge in [0.25, 0.3) is 5.91 Å². The van der Waals surface area contributed by atoms with Gasteiger partial charge in [0.15, 0.2) is 0 Å². The fourth-order valence-corrected chi connectivity index (χ4v) is 5.50. The fourth-order valence-electron chi connectivity index (χ4n) is 3.70. The van der Waals surface area contributed by atoms with Gasteiger partial charge in [-0.2, -0.15) is 0 Å². The highest BCUT2D eigenvalue weighted by Crippen LogP contribution is 2.38. The van der Waals surface area contributed by atoms with Gasteiger partial charge in [0, 0.05) is 40.1 Å². The molecule has 0 bridgehead atoms. The first-order valence-electron chi connectivity index (χ1n) is 9.71. The summed E-state index contributed by atoms with van der Waals surface area (Å²) < 4.78 is 5.01. The molecular formula is C23H20Cl2N2O3S. The van der Waals surface area contributed by atoms with Gasteiger partial charge < -0.3 is 10.1 Å². The third kappa shape index (κ3) is 4.93. The average molecular weight is 475 g/mol. The van der Waals surface area contributed by atoms with Gasteiger partial charge in [0.2, 0.25) is 0 Å². The number of hydrogen-bond acceptors (Lipinski definition) is 5. The number of anilines is 1. The Morgan fingerprint density at radius 3 is 2.52 bits per heavy atom. The van der Waals surface area contributed by atoms with E-state index in [2.05, 4.69) is 22.3 Å². The smallest absolute Gasteiger partial charge is 0.341 e. The van der Waals surface area contributed by atoms with Crippen LogP contribution in [0.2, 0.25) is 10.0 Å². The fraction of sp³-hybridized carbons (Fsp3) is 0.217. The topological polar surface area (TPSA) is 58.6 Å². The molecule has 0 saturated carbocycles. The standard InChI is InChI=1S/C23H20Cl2N2O3S/c1-30-23(29)20-18-7-8-27(12-14-5-3-2-4-6-14)13-19(18)31-22(20)26-21(28)15-9-16(24)11-17(25)10-15/h2-6,9-11H,7-8,12-13H2,1H3,(H,26,28). The highest BCUT2D eigenvalue weighted by molar-refractivity contribution is 7.17. The summed E-state index contributed by atoms with van der Waals surface area (Å²) in [6, 6.07) is 14.9. The second-order valence-electron chi connectivity index (χ2n) is 7.26. The first-order valence-corrected chi connectivity index (χ1v) is 11.3. The number of carbonyl (C=O) groups excluding carboxylic acids is 2. The zero-order valence-corrected chi connectivity index (χ0v) is 19.1. The molecule has 1 N–H and O–H groups in total. The van der Waals surface area contributed by atoms with Crippen LogP contribution in [0.25, 0.3) is 0 Å². The summed E-state index contributed by atoms with van der Waals surface area (Å²) in [7, 11) is 1.35. The van der Waals surface area contributed by atoms with Gasteiger partial charge in [-0.25, -0.2) is 4.79 Å². The Kier molecular flexibility index (Phi) is 6.62. The van der Waals surface area contributed by atoms with Crippen LogP contribution in [0.5, 0.6) is 0 Å². The Morgan fingerprint density at radius 2 is 1.84 bits per heavy atom. The molecule has 31 heavy (non-hydrogen) atoms. The van der Waals surface area contributed by atoms with Crippen molar-refractivity contribution < 1.29 is 14.3 Å². The summed E-state index contributed by atoms with van der Waals surface area (Å²) in [5.74, 6) is -0.831. The van der Waals surface area contributed by atoms with Crippen molar-refractivity contribution in [2.45, 2.75) is 19.5 Å². The predicted octanol–water partition coefficient (Wildman–Crippen LogP) is 5.65. The quantitative estimate of drug-likeness (QED) is 0.485. The number of nitrogens with one attached hydrogen (secondary N) is 1. The van der Waals surface area contributed by atoms with Crippen LogP contribution in [0.15, 0.2) is 48.5 Å². The monoisotopic (exact) mass is 474 g/mol. The van der Waals surface area contributed by atoms with Crippen molar-refractivity contribution in [3.05, 3.63) is 85.7 Å². The maximum atomic E-state index is 12.8. The summed E-state index contributed by atoms with van der Waals surface area (Å²) in [5.41, 5.74) is 2.94. The summed E-state index contributed by atoms with van der Waals surface area (Å²) in [6.45, 7) is 2.35. The molecule has 1 aromatic heterocycles. The molecule has 0 fully saturated rings. The van der Waals surface area contributed by atoms with Crippen molar-refractivity contribution in [3.8, 4) is 0 Å². The largest absolute Gasteiger partial charge is 0.465 e. The van der Waals surface area contributed by atoms with E-state index in [0.29, 0.717) is 39.1 Å². The van der Waals surface area contributed by atoms with Crippen LogP contribution in [0.1, 0.15) is 36.7 Å². The Labute approximate surface area is 194 Å². The summed E-state index contributed by atoms with van der Waals surface area (Å²) in [5, 5.41) is 4.08. The van der Waals surface area contributed by atoms with Crippen LogP contribution < -0.4 is 5.32 Å². The van der Waals surface area contributed by atoms with Gasteiger partial charge in [-0.3, -0.25) is 9.69 Å². The van der Waals surface area contributed by atoms with Crippen LogP contribution in [-0.2, 0) is 24.2 Å². The molecule has 1 amide bonds. The number of thiophene rings is 1. The lowest BCUT2D eigenvalue weighted by Crippen LogP contribution is -2.29. The van der Waals surface area contributed by atoms with E-state index in [9.17, 15) is 9.59 Å². The van der Waals surface area contributed by atoms with Crippen molar-refractivity contribution in [3.63, 3.8) is 0 Å². The van der Waals surface area contributed by atoms with Crippen molar-refractivity contribution in [1.82, 2.24) is 4.90 Å². The van der Waals surface area contributed by atoms with Crippen LogP contribution >= 0.6 is 34.5 Å². The number of fused-ring (bicyclic) bond motifs is 1. The molecule has 0 unspecified atom stereocenters. The number of halogens is 2. The van der Waals surface area contributed by atoms with Gasteiger partial charge in [-0.1, -0.05) is 53.5 Å². The SMILES string of the molecule is COC(=O)c1c(NC(=O)c2cc(Cl)cc(Cl)c2)sc2c1CCN(Cc1ccccc1)C2. The van der Waals surface area contributed by atoms with Gasteiger partial charge in [0.1, 0.15) is 5.00 Å². The number of methoxy groups -OCH3 is 1. The molecule has 2 aromatic carbocycles. The van der Waals surface area contributed by atoms with Crippen molar-refractivity contribution >= 4 is 51.4 Å². The number of carbonyl (C=O) groups is 2. The van der Waals surface area contributed by atoms with Crippen LogP contribution in [0, 0.1) is 0 Å². The molecule has 2 heterocycles. The molecular weight excluding hydrogens is 455 g/mol. The molecule has 8 heteroatoms. The van der Waals surface area contributed by atoms with Crippen LogP contribution in [-0.4, -0.2) is 30.4 Å². The normalized spacial score (nSPS) is 13.5. The second-order valence-corrected chi connectivity index (χ2v) is 9.24. The number of nitrogens with zero attached hydrogens (tertiary/aromatic N) is 1. The number of amides is 1. The van der Waals surface area contributed by atoms with E-state index in [1.807, 2.05) is 18.2 Å². The Bertz CT molecular complexity index is 1110. The molecule has 4 rings (SSSR count). The molecule has 0 aliphatic carbocycles. The molecule has 0 saturated heterocycles. The molecule has 0 spiro atoms. The molecule has 160 valence electrons. The highest BCUT2D eigenvalue weighted by atomic mass is 35.5. The number of rotatable bonds is 5. The second kappa shape index (κ2) is 9.40. The number of benzene rings is 2. The van der Waals surface area contributed by atoms with Gasteiger partial charge >= 0.3 is 5.97 Å². The van der Waals surface area contributed by atoms with Crippen LogP contribution in [0.4, 0.5) is 5.00 Å².